The van der Waals surface area contributed by atoms with Crippen molar-refractivity contribution >= 4 is 21.7 Å². The second-order valence-corrected chi connectivity index (χ2v) is 10.2. The zero-order chi connectivity index (χ0) is 24.0. The zero-order valence-electron chi connectivity index (χ0n) is 19.0. The van der Waals surface area contributed by atoms with E-state index < -0.39 is 15.9 Å². The van der Waals surface area contributed by atoms with Gasteiger partial charge in [0.25, 0.3) is 10.0 Å². The minimum absolute atomic E-state index is 0.0999. The highest BCUT2D eigenvalue weighted by molar-refractivity contribution is 7.90. The lowest BCUT2D eigenvalue weighted by Crippen LogP contribution is -2.31. The Bertz CT molecular complexity index is 1290. The first-order chi connectivity index (χ1) is 16.4. The molecule has 3 aromatic rings. The summed E-state index contributed by atoms with van der Waals surface area (Å²) in [6.07, 6.45) is 5.71. The predicted octanol–water partition coefficient (Wildman–Crippen LogP) is 4.88. The molecule has 0 atom stereocenters. The molecule has 0 saturated carbocycles. The Balaban J connectivity index is 1.35. The molecular formula is C27H28N2O4S. The molecule has 0 spiro atoms. The number of nitrogens with zero attached hydrogens (tertiary/aromatic N) is 1. The van der Waals surface area contributed by atoms with Gasteiger partial charge in [0.2, 0.25) is 5.91 Å². The zero-order valence-corrected chi connectivity index (χ0v) is 19.8. The normalized spacial score (nSPS) is 13.4. The number of aryl methyl sites for hydroxylation is 2. The van der Waals surface area contributed by atoms with Crippen LogP contribution in [0.5, 0.6) is 0 Å². The highest BCUT2D eigenvalue weighted by Gasteiger charge is 2.21. The van der Waals surface area contributed by atoms with Gasteiger partial charge in [-0.1, -0.05) is 55.0 Å². The summed E-state index contributed by atoms with van der Waals surface area (Å²) >= 11 is 0. The first-order valence-corrected chi connectivity index (χ1v) is 13.1. The summed E-state index contributed by atoms with van der Waals surface area (Å²) in [5, 5.41) is -0.216. The number of rotatable bonds is 9. The van der Waals surface area contributed by atoms with Crippen LogP contribution in [-0.2, 0) is 27.7 Å². The number of hydrogen-bond donors (Lipinski definition) is 1. The molecule has 1 aromatic heterocycles. The van der Waals surface area contributed by atoms with Crippen molar-refractivity contribution in [3.63, 3.8) is 0 Å². The molecule has 0 fully saturated rings. The van der Waals surface area contributed by atoms with E-state index in [0.29, 0.717) is 29.7 Å². The van der Waals surface area contributed by atoms with E-state index >= 15 is 0 Å². The van der Waals surface area contributed by atoms with Crippen molar-refractivity contribution in [2.24, 2.45) is 0 Å². The fourth-order valence-corrected chi connectivity index (χ4v) is 5.18. The summed E-state index contributed by atoms with van der Waals surface area (Å²) in [5.74, 6) is -0.436. The molecule has 1 heterocycles. The van der Waals surface area contributed by atoms with E-state index in [1.165, 1.54) is 11.6 Å². The lowest BCUT2D eigenvalue weighted by Gasteiger charge is -2.15. The number of amides is 1. The lowest BCUT2D eigenvalue weighted by molar-refractivity contribution is -0.119. The number of carbonyl (C=O) groups is 2. The van der Waals surface area contributed by atoms with E-state index in [9.17, 15) is 18.0 Å². The Morgan fingerprint density at radius 3 is 2.56 bits per heavy atom. The summed E-state index contributed by atoms with van der Waals surface area (Å²) in [7, 11) is -4.08. The number of pyridine rings is 1. The number of fused-ring (bicyclic) bond motifs is 1. The second-order valence-electron chi connectivity index (χ2n) is 8.58. The van der Waals surface area contributed by atoms with Gasteiger partial charge < -0.3 is 0 Å². The number of carbonyl (C=O) groups excluding carboxylic acids is 2. The lowest BCUT2D eigenvalue weighted by atomic mass is 9.89. The number of nitrogens with one attached hydrogen (secondary N) is 1. The number of unbranched alkanes of at least 4 members (excludes halogenated alkanes) is 2. The third kappa shape index (κ3) is 5.97. The van der Waals surface area contributed by atoms with E-state index in [2.05, 4.69) is 21.8 Å². The summed E-state index contributed by atoms with van der Waals surface area (Å²) < 4.78 is 27.6. The molecular weight excluding hydrogens is 448 g/mol. The average Bonchev–Trinajstić information content (AvgIpc) is 2.84. The molecule has 1 amide bonds. The maximum Gasteiger partial charge on any atom is 0.281 e. The van der Waals surface area contributed by atoms with Gasteiger partial charge in [0, 0.05) is 24.0 Å². The van der Waals surface area contributed by atoms with Crippen LogP contribution in [0.15, 0.2) is 71.8 Å². The van der Waals surface area contributed by atoms with Crippen LogP contribution in [0.1, 0.15) is 60.0 Å². The van der Waals surface area contributed by atoms with Gasteiger partial charge in [0.05, 0.1) is 5.69 Å². The molecule has 1 aliphatic rings. The third-order valence-corrected chi connectivity index (χ3v) is 7.29. The Hall–Kier alpha value is -3.32. The number of sulfonamides is 1. The molecule has 1 aliphatic carbocycles. The maximum absolute atomic E-state index is 12.7. The summed E-state index contributed by atoms with van der Waals surface area (Å²) in [4.78, 5) is 28.8. The van der Waals surface area contributed by atoms with E-state index in [1.54, 1.807) is 18.2 Å². The van der Waals surface area contributed by atoms with Gasteiger partial charge in [-0.2, -0.15) is 8.42 Å². The van der Waals surface area contributed by atoms with Gasteiger partial charge in [0.15, 0.2) is 10.8 Å². The maximum atomic E-state index is 12.7. The highest BCUT2D eigenvalue weighted by Crippen LogP contribution is 2.27. The molecule has 6 nitrogen and oxygen atoms in total. The SMILES string of the molecule is O=C(CCCCCc1ccccc1)NS(=O)(=O)c1cccc(-c2ccc3c(c2)C(=O)CCC3)n1. The van der Waals surface area contributed by atoms with Gasteiger partial charge in [-0.05, 0) is 61.4 Å². The number of hydrogen-bond acceptors (Lipinski definition) is 5. The van der Waals surface area contributed by atoms with Crippen molar-refractivity contribution in [1.82, 2.24) is 9.71 Å². The molecule has 0 aliphatic heterocycles. The summed E-state index contributed by atoms with van der Waals surface area (Å²) in [6.45, 7) is 0. The van der Waals surface area contributed by atoms with E-state index in [-0.39, 0.29) is 17.2 Å². The van der Waals surface area contributed by atoms with Crippen LogP contribution in [0.4, 0.5) is 0 Å². The molecule has 2 aromatic carbocycles. The van der Waals surface area contributed by atoms with Crippen molar-refractivity contribution in [2.75, 3.05) is 0 Å². The van der Waals surface area contributed by atoms with Crippen LogP contribution in [0, 0.1) is 0 Å². The van der Waals surface area contributed by atoms with Crippen molar-refractivity contribution in [3.05, 3.63) is 83.4 Å². The van der Waals surface area contributed by atoms with Crippen LogP contribution in [-0.4, -0.2) is 25.1 Å². The molecule has 4 rings (SSSR count). The summed E-state index contributed by atoms with van der Waals surface area (Å²) in [6, 6.07) is 20.3. The second kappa shape index (κ2) is 10.7. The van der Waals surface area contributed by atoms with Gasteiger partial charge >= 0.3 is 0 Å². The fraction of sp³-hybridized carbons (Fsp3) is 0.296. The Labute approximate surface area is 200 Å². The number of benzene rings is 2. The van der Waals surface area contributed by atoms with Crippen molar-refractivity contribution in [3.8, 4) is 11.3 Å². The van der Waals surface area contributed by atoms with E-state index in [1.807, 2.05) is 30.3 Å². The molecule has 176 valence electrons. The first kappa shape index (κ1) is 23.8. The van der Waals surface area contributed by atoms with Gasteiger partial charge in [-0.3, -0.25) is 9.59 Å². The largest absolute Gasteiger partial charge is 0.294 e. The smallest absolute Gasteiger partial charge is 0.281 e. The van der Waals surface area contributed by atoms with Crippen molar-refractivity contribution in [1.29, 1.82) is 0 Å². The first-order valence-electron chi connectivity index (χ1n) is 11.7. The Morgan fingerprint density at radius 1 is 0.912 bits per heavy atom. The standard InChI is InChI=1S/C27H28N2O4S/c30-25-14-7-12-21-17-18-22(19-23(21)25)24-13-8-16-27(28-24)34(32,33)29-26(31)15-6-2-5-11-20-9-3-1-4-10-20/h1,3-4,8-10,13,16-19H,2,5-7,11-12,14-15H2,(H,29,31). The molecule has 34 heavy (non-hydrogen) atoms. The molecule has 0 saturated heterocycles. The summed E-state index contributed by atoms with van der Waals surface area (Å²) in [5.41, 5.74) is 4.07. The van der Waals surface area contributed by atoms with Crippen LogP contribution in [0.25, 0.3) is 11.3 Å². The number of Topliss-reactive ketones (excluding diaryl/α,β-unsaturated/α-hetero) is 1. The van der Waals surface area contributed by atoms with E-state index in [4.69, 9.17) is 0 Å². The third-order valence-electron chi connectivity index (χ3n) is 6.02. The van der Waals surface area contributed by atoms with Crippen molar-refractivity contribution < 1.29 is 18.0 Å². The van der Waals surface area contributed by atoms with Crippen LogP contribution in [0.3, 0.4) is 0 Å². The van der Waals surface area contributed by atoms with Crippen LogP contribution < -0.4 is 4.72 Å². The van der Waals surface area contributed by atoms with Gasteiger partial charge in [-0.15, -0.1) is 0 Å². The predicted molar refractivity (Wildman–Crippen MR) is 131 cm³/mol. The van der Waals surface area contributed by atoms with Gasteiger partial charge in [-0.25, -0.2) is 9.71 Å². The highest BCUT2D eigenvalue weighted by atomic mass is 32.2. The number of aromatic nitrogens is 1. The van der Waals surface area contributed by atoms with Crippen molar-refractivity contribution in [2.45, 2.75) is 56.4 Å². The van der Waals surface area contributed by atoms with Crippen LogP contribution >= 0.6 is 0 Å². The minimum atomic E-state index is -4.08. The fourth-order valence-electron chi connectivity index (χ4n) is 4.20. The molecule has 1 N–H and O–H groups in total. The quantitative estimate of drug-likeness (QED) is 0.445. The minimum Gasteiger partial charge on any atom is -0.294 e. The topological polar surface area (TPSA) is 93.2 Å². The molecule has 0 unspecified atom stereocenters. The van der Waals surface area contributed by atoms with E-state index in [0.717, 1.165) is 37.7 Å². The average molecular weight is 477 g/mol. The molecule has 7 heteroatoms. The molecule has 0 radical (unpaired) electrons. The monoisotopic (exact) mass is 476 g/mol. The van der Waals surface area contributed by atoms with Gasteiger partial charge in [0.1, 0.15) is 0 Å². The Morgan fingerprint density at radius 2 is 1.74 bits per heavy atom. The number of ketones is 1. The Kier molecular flexibility index (Phi) is 7.53. The van der Waals surface area contributed by atoms with Crippen LogP contribution in [0.2, 0.25) is 0 Å². The molecule has 0 bridgehead atoms.